The fraction of sp³-hybridized carbons (Fsp3) is 1.00. The maximum Gasteiger partial charge on any atom is 0.417 e. The summed E-state index contributed by atoms with van der Waals surface area (Å²) in [6.45, 7) is 4.89. The third-order valence-electron chi connectivity index (χ3n) is 2.50. The Morgan fingerprint density at radius 2 is 1.69 bits per heavy atom. The molecule has 2 atom stereocenters. The third-order valence-corrected chi connectivity index (χ3v) is 2.50. The topological polar surface area (TPSA) is 20.2 Å². The van der Waals surface area contributed by atoms with Gasteiger partial charge >= 0.3 is 6.18 Å². The van der Waals surface area contributed by atoms with Crippen LogP contribution in [0.15, 0.2) is 0 Å². The average Bonchev–Trinajstić information content (AvgIpc) is 2.02. The first-order valence-corrected chi connectivity index (χ1v) is 4.56. The van der Waals surface area contributed by atoms with Gasteiger partial charge in [0.15, 0.2) is 5.60 Å². The van der Waals surface area contributed by atoms with Crippen molar-refractivity contribution in [2.45, 2.75) is 51.8 Å². The lowest BCUT2D eigenvalue weighted by Crippen LogP contribution is -2.45. The Morgan fingerprint density at radius 3 is 1.92 bits per heavy atom. The Kier molecular flexibility index (Phi) is 4.23. The van der Waals surface area contributed by atoms with Crippen molar-refractivity contribution >= 4 is 0 Å². The van der Waals surface area contributed by atoms with Crippen LogP contribution in [0.25, 0.3) is 0 Å². The zero-order chi connectivity index (χ0) is 10.7. The van der Waals surface area contributed by atoms with Crippen molar-refractivity contribution in [2.24, 2.45) is 5.92 Å². The Bertz CT molecular complexity index is 155. The summed E-state index contributed by atoms with van der Waals surface area (Å²) in [5.41, 5.74) is -2.50. The van der Waals surface area contributed by atoms with Crippen LogP contribution in [0.4, 0.5) is 13.2 Å². The molecule has 0 amide bonds. The predicted molar refractivity (Wildman–Crippen MR) is 45.4 cm³/mol. The van der Waals surface area contributed by atoms with E-state index in [0.29, 0.717) is 6.42 Å². The lowest BCUT2D eigenvalue weighted by Gasteiger charge is -2.31. The summed E-state index contributed by atoms with van der Waals surface area (Å²) < 4.78 is 37.1. The maximum absolute atomic E-state index is 12.4. The van der Waals surface area contributed by atoms with Gasteiger partial charge in [0.25, 0.3) is 0 Å². The molecule has 0 fully saturated rings. The molecule has 0 aliphatic heterocycles. The van der Waals surface area contributed by atoms with Crippen LogP contribution in [0.2, 0.25) is 0 Å². The highest BCUT2D eigenvalue weighted by molar-refractivity contribution is 4.86. The first kappa shape index (κ1) is 12.8. The molecule has 0 saturated heterocycles. The fourth-order valence-electron chi connectivity index (χ4n) is 1.18. The monoisotopic (exact) mass is 198 g/mol. The number of alkyl halides is 3. The van der Waals surface area contributed by atoms with Gasteiger partial charge in [-0.15, -0.1) is 0 Å². The summed E-state index contributed by atoms with van der Waals surface area (Å²) in [5, 5.41) is 9.33. The van der Waals surface area contributed by atoms with Crippen LogP contribution in [0.3, 0.4) is 0 Å². The minimum Gasteiger partial charge on any atom is -0.380 e. The van der Waals surface area contributed by atoms with Crippen molar-refractivity contribution in [2.75, 3.05) is 0 Å². The maximum atomic E-state index is 12.4. The van der Waals surface area contributed by atoms with Crippen molar-refractivity contribution in [3.63, 3.8) is 0 Å². The molecule has 0 aromatic heterocycles. The largest absolute Gasteiger partial charge is 0.417 e. The van der Waals surface area contributed by atoms with Crippen LogP contribution in [0, 0.1) is 5.92 Å². The molecule has 0 heterocycles. The lowest BCUT2D eigenvalue weighted by atomic mass is 9.87. The normalized spacial score (nSPS) is 19.6. The number of rotatable bonds is 4. The van der Waals surface area contributed by atoms with Crippen molar-refractivity contribution in [1.29, 1.82) is 0 Å². The molecule has 13 heavy (non-hydrogen) atoms. The van der Waals surface area contributed by atoms with E-state index in [4.69, 9.17) is 0 Å². The molecule has 1 N–H and O–H groups in total. The summed E-state index contributed by atoms with van der Waals surface area (Å²) in [5.74, 6) is -0.105. The summed E-state index contributed by atoms with van der Waals surface area (Å²) in [6.07, 6.45) is -4.34. The van der Waals surface area contributed by atoms with Crippen LogP contribution >= 0.6 is 0 Å². The summed E-state index contributed by atoms with van der Waals surface area (Å²) in [7, 11) is 0. The minimum absolute atomic E-state index is 0.105. The Hall–Kier alpha value is -0.250. The van der Waals surface area contributed by atoms with E-state index in [2.05, 4.69) is 0 Å². The molecule has 0 rings (SSSR count). The molecule has 0 aliphatic rings. The van der Waals surface area contributed by atoms with Crippen molar-refractivity contribution in [3.8, 4) is 0 Å². The van der Waals surface area contributed by atoms with Gasteiger partial charge in [0.05, 0.1) is 0 Å². The van der Waals surface area contributed by atoms with Gasteiger partial charge in [0.1, 0.15) is 0 Å². The first-order valence-electron chi connectivity index (χ1n) is 4.56. The molecule has 0 radical (unpaired) electrons. The summed E-state index contributed by atoms with van der Waals surface area (Å²) in [4.78, 5) is 0. The molecule has 0 aromatic carbocycles. The van der Waals surface area contributed by atoms with E-state index in [0.717, 1.165) is 0 Å². The summed E-state index contributed by atoms with van der Waals surface area (Å²) >= 11 is 0. The van der Waals surface area contributed by atoms with Crippen LogP contribution < -0.4 is 0 Å². The van der Waals surface area contributed by atoms with Crippen molar-refractivity contribution in [3.05, 3.63) is 0 Å². The fourth-order valence-corrected chi connectivity index (χ4v) is 1.18. The molecule has 0 spiro atoms. The van der Waals surface area contributed by atoms with Gasteiger partial charge in [0.2, 0.25) is 0 Å². The Labute approximate surface area is 76.9 Å². The molecular weight excluding hydrogens is 181 g/mol. The van der Waals surface area contributed by atoms with Gasteiger partial charge in [-0.1, -0.05) is 27.2 Å². The van der Waals surface area contributed by atoms with E-state index >= 15 is 0 Å². The Balaban J connectivity index is 4.46. The van der Waals surface area contributed by atoms with E-state index < -0.39 is 11.8 Å². The number of hydrogen-bond donors (Lipinski definition) is 1. The van der Waals surface area contributed by atoms with E-state index in [1.807, 2.05) is 6.92 Å². The lowest BCUT2D eigenvalue weighted by molar-refractivity contribution is -0.266. The van der Waals surface area contributed by atoms with E-state index in [9.17, 15) is 18.3 Å². The van der Waals surface area contributed by atoms with Gasteiger partial charge in [0, 0.05) is 0 Å². The molecule has 2 unspecified atom stereocenters. The Morgan fingerprint density at radius 1 is 1.23 bits per heavy atom. The quantitative estimate of drug-likeness (QED) is 0.735. The van der Waals surface area contributed by atoms with E-state index in [1.165, 1.54) is 6.92 Å². The molecular formula is C9H17F3O. The molecule has 1 nitrogen and oxygen atoms in total. The molecule has 0 aliphatic carbocycles. The second-order valence-corrected chi connectivity index (χ2v) is 3.60. The highest BCUT2D eigenvalue weighted by atomic mass is 19.4. The zero-order valence-corrected chi connectivity index (χ0v) is 8.28. The SMILES string of the molecule is CCC(C)CC(O)(CC)C(F)(F)F. The predicted octanol–water partition coefficient (Wildman–Crippen LogP) is 3.13. The van der Waals surface area contributed by atoms with E-state index in [-0.39, 0.29) is 18.8 Å². The van der Waals surface area contributed by atoms with Gasteiger partial charge in [-0.05, 0) is 18.8 Å². The van der Waals surface area contributed by atoms with Gasteiger partial charge < -0.3 is 5.11 Å². The minimum atomic E-state index is -4.51. The van der Waals surface area contributed by atoms with Crippen LogP contribution in [0.1, 0.15) is 40.0 Å². The number of aliphatic hydroxyl groups is 1. The smallest absolute Gasteiger partial charge is 0.380 e. The van der Waals surface area contributed by atoms with Crippen LogP contribution in [-0.4, -0.2) is 16.9 Å². The van der Waals surface area contributed by atoms with Crippen LogP contribution in [-0.2, 0) is 0 Å². The summed E-state index contributed by atoms with van der Waals surface area (Å²) in [6, 6.07) is 0. The number of halogens is 3. The zero-order valence-electron chi connectivity index (χ0n) is 8.28. The molecule has 0 aromatic rings. The third kappa shape index (κ3) is 3.18. The molecule has 80 valence electrons. The second kappa shape index (κ2) is 4.31. The standard InChI is InChI=1S/C9H17F3O/c1-4-7(3)6-8(13,5-2)9(10,11)12/h7,13H,4-6H2,1-3H3. The molecule has 4 heteroatoms. The molecule has 0 saturated carbocycles. The highest BCUT2D eigenvalue weighted by Crippen LogP contribution is 2.38. The van der Waals surface area contributed by atoms with Crippen molar-refractivity contribution < 1.29 is 18.3 Å². The van der Waals surface area contributed by atoms with Gasteiger partial charge in [-0.2, -0.15) is 13.2 Å². The van der Waals surface area contributed by atoms with Gasteiger partial charge in [-0.3, -0.25) is 0 Å². The van der Waals surface area contributed by atoms with E-state index in [1.54, 1.807) is 6.92 Å². The highest BCUT2D eigenvalue weighted by Gasteiger charge is 2.52. The van der Waals surface area contributed by atoms with Crippen molar-refractivity contribution in [1.82, 2.24) is 0 Å². The second-order valence-electron chi connectivity index (χ2n) is 3.60. The average molecular weight is 198 g/mol. The number of hydrogen-bond acceptors (Lipinski definition) is 1. The first-order chi connectivity index (χ1) is 5.77. The molecule has 0 bridgehead atoms. The van der Waals surface area contributed by atoms with Gasteiger partial charge in [-0.25, -0.2) is 0 Å². The van der Waals surface area contributed by atoms with Crippen LogP contribution in [0.5, 0.6) is 0 Å².